The van der Waals surface area contributed by atoms with Crippen LogP contribution in [0.2, 0.25) is 0 Å². The minimum atomic E-state index is 0.610. The quantitative estimate of drug-likeness (QED) is 0.721. The Morgan fingerprint density at radius 3 is 2.87 bits per heavy atom. The van der Waals surface area contributed by atoms with Crippen LogP contribution >= 0.6 is 0 Å². The summed E-state index contributed by atoms with van der Waals surface area (Å²) in [6, 6.07) is 6.51. The van der Waals surface area contributed by atoms with Crippen LogP contribution in [0.3, 0.4) is 0 Å². The Kier molecular flexibility index (Phi) is 1.91. The standard InChI is InChI=1S/C12H15N3/c13-10-5-6-12-9(7-10)8-15(14-12)11-3-1-2-4-11/h5-8,11H,1-4,13H2. The van der Waals surface area contributed by atoms with E-state index >= 15 is 0 Å². The maximum atomic E-state index is 5.75. The molecule has 0 spiro atoms. The third-order valence-corrected chi connectivity index (χ3v) is 3.24. The van der Waals surface area contributed by atoms with Crippen LogP contribution in [-0.4, -0.2) is 9.78 Å². The first-order valence-corrected chi connectivity index (χ1v) is 5.57. The fourth-order valence-corrected chi connectivity index (χ4v) is 2.42. The van der Waals surface area contributed by atoms with Gasteiger partial charge in [0.25, 0.3) is 0 Å². The highest BCUT2D eigenvalue weighted by Gasteiger charge is 2.17. The maximum absolute atomic E-state index is 5.75. The molecule has 0 atom stereocenters. The highest BCUT2D eigenvalue weighted by Crippen LogP contribution is 2.30. The Hall–Kier alpha value is -1.51. The summed E-state index contributed by atoms with van der Waals surface area (Å²) in [5.74, 6) is 0. The van der Waals surface area contributed by atoms with Crippen LogP contribution < -0.4 is 5.73 Å². The summed E-state index contributed by atoms with van der Waals surface area (Å²) in [6.07, 6.45) is 7.33. The van der Waals surface area contributed by atoms with Crippen LogP contribution in [0.15, 0.2) is 24.4 Å². The minimum absolute atomic E-state index is 0.610. The second-order valence-corrected chi connectivity index (χ2v) is 4.37. The second kappa shape index (κ2) is 3.26. The van der Waals surface area contributed by atoms with Gasteiger partial charge >= 0.3 is 0 Å². The van der Waals surface area contributed by atoms with Crippen molar-refractivity contribution >= 4 is 16.6 Å². The molecule has 3 heteroatoms. The summed E-state index contributed by atoms with van der Waals surface area (Å²) < 4.78 is 2.12. The van der Waals surface area contributed by atoms with Crippen molar-refractivity contribution in [2.45, 2.75) is 31.7 Å². The monoisotopic (exact) mass is 201 g/mol. The van der Waals surface area contributed by atoms with Gasteiger partial charge in [-0.2, -0.15) is 5.10 Å². The van der Waals surface area contributed by atoms with Crippen LogP contribution in [0.5, 0.6) is 0 Å². The molecule has 0 unspecified atom stereocenters. The Morgan fingerprint density at radius 2 is 2.07 bits per heavy atom. The van der Waals surface area contributed by atoms with E-state index in [-0.39, 0.29) is 0 Å². The van der Waals surface area contributed by atoms with Gasteiger partial charge < -0.3 is 5.73 Å². The lowest BCUT2D eigenvalue weighted by Crippen LogP contribution is -2.04. The molecule has 1 fully saturated rings. The van der Waals surface area contributed by atoms with E-state index < -0.39 is 0 Å². The van der Waals surface area contributed by atoms with E-state index in [0.717, 1.165) is 16.6 Å². The summed E-state index contributed by atoms with van der Waals surface area (Å²) in [5, 5.41) is 5.75. The van der Waals surface area contributed by atoms with Gasteiger partial charge in [0.1, 0.15) is 0 Å². The lowest BCUT2D eigenvalue weighted by Gasteiger charge is -2.07. The number of nitrogens with zero attached hydrogens (tertiary/aromatic N) is 2. The van der Waals surface area contributed by atoms with E-state index in [9.17, 15) is 0 Å². The largest absolute Gasteiger partial charge is 0.399 e. The highest BCUT2D eigenvalue weighted by atomic mass is 15.3. The Morgan fingerprint density at radius 1 is 1.27 bits per heavy atom. The molecule has 0 amide bonds. The summed E-state index contributed by atoms with van der Waals surface area (Å²) in [4.78, 5) is 0. The zero-order chi connectivity index (χ0) is 10.3. The number of nitrogen functional groups attached to an aromatic ring is 1. The van der Waals surface area contributed by atoms with Crippen LogP contribution in [-0.2, 0) is 0 Å². The molecular weight excluding hydrogens is 186 g/mol. The summed E-state index contributed by atoms with van der Waals surface area (Å²) in [6.45, 7) is 0. The zero-order valence-electron chi connectivity index (χ0n) is 8.69. The molecule has 0 bridgehead atoms. The Balaban J connectivity index is 2.05. The third kappa shape index (κ3) is 1.48. The number of anilines is 1. The van der Waals surface area contributed by atoms with Gasteiger partial charge in [-0.1, -0.05) is 12.8 Å². The number of nitrogens with two attached hydrogens (primary N) is 1. The van der Waals surface area contributed by atoms with Crippen molar-refractivity contribution in [2.24, 2.45) is 0 Å². The highest BCUT2D eigenvalue weighted by molar-refractivity contribution is 5.81. The number of hydrogen-bond acceptors (Lipinski definition) is 2. The Labute approximate surface area is 88.9 Å². The molecule has 15 heavy (non-hydrogen) atoms. The average Bonchev–Trinajstić information content (AvgIpc) is 2.84. The lowest BCUT2D eigenvalue weighted by atomic mass is 10.2. The van der Waals surface area contributed by atoms with Crippen molar-refractivity contribution in [3.05, 3.63) is 24.4 Å². The van der Waals surface area contributed by atoms with Crippen LogP contribution in [0, 0.1) is 0 Å². The van der Waals surface area contributed by atoms with E-state index in [0.29, 0.717) is 6.04 Å². The predicted molar refractivity (Wildman–Crippen MR) is 61.7 cm³/mol. The SMILES string of the molecule is Nc1ccc2nn(C3CCCC3)cc2c1. The molecule has 1 saturated carbocycles. The summed E-state index contributed by atoms with van der Waals surface area (Å²) in [7, 11) is 0. The van der Waals surface area contributed by atoms with Crippen molar-refractivity contribution in [1.29, 1.82) is 0 Å². The average molecular weight is 201 g/mol. The number of benzene rings is 1. The zero-order valence-corrected chi connectivity index (χ0v) is 8.69. The smallest absolute Gasteiger partial charge is 0.0924 e. The van der Waals surface area contributed by atoms with Gasteiger partial charge in [0.05, 0.1) is 11.6 Å². The van der Waals surface area contributed by atoms with Gasteiger partial charge in [-0.25, -0.2) is 0 Å². The first-order chi connectivity index (χ1) is 7.33. The predicted octanol–water partition coefficient (Wildman–Crippen LogP) is 2.73. The van der Waals surface area contributed by atoms with Crippen molar-refractivity contribution in [3.8, 4) is 0 Å². The summed E-state index contributed by atoms with van der Waals surface area (Å²) in [5.41, 5.74) is 7.61. The molecule has 3 nitrogen and oxygen atoms in total. The lowest BCUT2D eigenvalue weighted by molar-refractivity contribution is 0.470. The normalized spacial score (nSPS) is 17.6. The van der Waals surface area contributed by atoms with Crippen molar-refractivity contribution < 1.29 is 0 Å². The molecule has 1 heterocycles. The van der Waals surface area contributed by atoms with Crippen molar-refractivity contribution in [2.75, 3.05) is 5.73 Å². The number of fused-ring (bicyclic) bond motifs is 1. The fourth-order valence-electron chi connectivity index (χ4n) is 2.42. The van der Waals surface area contributed by atoms with Gasteiger partial charge in [0.2, 0.25) is 0 Å². The van der Waals surface area contributed by atoms with E-state index in [1.54, 1.807) is 0 Å². The van der Waals surface area contributed by atoms with Crippen LogP contribution in [0.4, 0.5) is 5.69 Å². The van der Waals surface area contributed by atoms with Gasteiger partial charge in [-0.05, 0) is 31.0 Å². The molecule has 3 rings (SSSR count). The number of rotatable bonds is 1. The van der Waals surface area contributed by atoms with Gasteiger partial charge in [-0.3, -0.25) is 4.68 Å². The molecule has 1 aliphatic carbocycles. The molecule has 0 aliphatic heterocycles. The number of hydrogen-bond donors (Lipinski definition) is 1. The van der Waals surface area contributed by atoms with E-state index in [2.05, 4.69) is 16.0 Å². The molecule has 78 valence electrons. The molecule has 0 radical (unpaired) electrons. The van der Waals surface area contributed by atoms with E-state index in [1.165, 1.54) is 25.7 Å². The fraction of sp³-hybridized carbons (Fsp3) is 0.417. The van der Waals surface area contributed by atoms with Crippen LogP contribution in [0.1, 0.15) is 31.7 Å². The Bertz CT molecular complexity index is 481. The van der Waals surface area contributed by atoms with Crippen molar-refractivity contribution in [1.82, 2.24) is 9.78 Å². The van der Waals surface area contributed by atoms with Crippen LogP contribution in [0.25, 0.3) is 10.9 Å². The second-order valence-electron chi connectivity index (χ2n) is 4.37. The maximum Gasteiger partial charge on any atom is 0.0924 e. The first kappa shape index (κ1) is 8.77. The minimum Gasteiger partial charge on any atom is -0.399 e. The molecule has 1 aromatic carbocycles. The van der Waals surface area contributed by atoms with E-state index in [4.69, 9.17) is 5.73 Å². The van der Waals surface area contributed by atoms with Gasteiger partial charge in [-0.15, -0.1) is 0 Å². The van der Waals surface area contributed by atoms with Gasteiger partial charge in [0, 0.05) is 17.3 Å². The third-order valence-electron chi connectivity index (χ3n) is 3.24. The van der Waals surface area contributed by atoms with Crippen molar-refractivity contribution in [3.63, 3.8) is 0 Å². The first-order valence-electron chi connectivity index (χ1n) is 5.57. The molecule has 2 N–H and O–H groups in total. The molecule has 1 aromatic heterocycles. The molecular formula is C12H15N3. The molecule has 2 aromatic rings. The summed E-state index contributed by atoms with van der Waals surface area (Å²) >= 11 is 0. The van der Waals surface area contributed by atoms with Gasteiger partial charge in [0.15, 0.2) is 0 Å². The molecule has 0 saturated heterocycles. The topological polar surface area (TPSA) is 43.8 Å². The molecule has 1 aliphatic rings. The van der Waals surface area contributed by atoms with E-state index in [1.807, 2.05) is 18.2 Å². The number of aromatic nitrogens is 2.